The van der Waals surface area contributed by atoms with Crippen LogP contribution in [0.2, 0.25) is 0 Å². The van der Waals surface area contributed by atoms with E-state index in [9.17, 15) is 4.79 Å². The molecule has 2 nitrogen and oxygen atoms in total. The van der Waals surface area contributed by atoms with Crippen LogP contribution in [0.5, 0.6) is 0 Å². The fourth-order valence-corrected chi connectivity index (χ4v) is 3.95. The van der Waals surface area contributed by atoms with Crippen molar-refractivity contribution in [2.75, 3.05) is 6.61 Å². The number of ether oxygens (including phenoxy) is 1. The predicted molar refractivity (Wildman–Crippen MR) is 135 cm³/mol. The van der Waals surface area contributed by atoms with E-state index in [4.69, 9.17) is 4.74 Å². The van der Waals surface area contributed by atoms with Gasteiger partial charge in [-0.05, 0) is 18.1 Å². The van der Waals surface area contributed by atoms with Crippen LogP contribution >= 0.6 is 0 Å². The molecule has 0 fully saturated rings. The molecule has 1 aromatic carbocycles. The van der Waals surface area contributed by atoms with E-state index in [1.807, 2.05) is 30.3 Å². The van der Waals surface area contributed by atoms with Crippen molar-refractivity contribution in [3.05, 3.63) is 42.0 Å². The molecule has 0 atom stereocenters. The second-order valence-electron chi connectivity index (χ2n) is 8.92. The summed E-state index contributed by atoms with van der Waals surface area (Å²) in [5.74, 6) is -0.240. The molecule has 176 valence electrons. The molecule has 0 bridgehead atoms. The average molecular weight is 429 g/mol. The maximum atomic E-state index is 11.7. The summed E-state index contributed by atoms with van der Waals surface area (Å²) < 4.78 is 5.27. The smallest absolute Gasteiger partial charge is 0.330 e. The highest BCUT2D eigenvalue weighted by atomic mass is 16.5. The van der Waals surface area contributed by atoms with Crippen molar-refractivity contribution in [3.63, 3.8) is 0 Å². The summed E-state index contributed by atoms with van der Waals surface area (Å²) in [4.78, 5) is 11.7. The van der Waals surface area contributed by atoms with Crippen LogP contribution in [0, 0.1) is 0 Å². The van der Waals surface area contributed by atoms with Crippen LogP contribution in [0.4, 0.5) is 0 Å². The van der Waals surface area contributed by atoms with Gasteiger partial charge in [-0.3, -0.25) is 0 Å². The van der Waals surface area contributed by atoms with Crippen LogP contribution in [0.3, 0.4) is 0 Å². The Bertz CT molecular complexity index is 535. The molecule has 0 heterocycles. The van der Waals surface area contributed by atoms with Crippen molar-refractivity contribution < 1.29 is 9.53 Å². The fourth-order valence-electron chi connectivity index (χ4n) is 3.95. The van der Waals surface area contributed by atoms with Gasteiger partial charge in [0.05, 0.1) is 6.61 Å². The first kappa shape index (κ1) is 27.5. The zero-order chi connectivity index (χ0) is 22.2. The van der Waals surface area contributed by atoms with Gasteiger partial charge in [-0.1, -0.05) is 146 Å². The lowest BCUT2D eigenvalue weighted by atomic mass is 10.0. The molecule has 0 N–H and O–H groups in total. The number of carbonyl (C=O) groups is 1. The van der Waals surface area contributed by atoms with Gasteiger partial charge in [0.15, 0.2) is 0 Å². The number of hydrogen-bond acceptors (Lipinski definition) is 2. The number of carbonyl (C=O) groups excluding carboxylic acids is 1. The predicted octanol–water partition coefficient (Wildman–Crippen LogP) is 9.28. The Hall–Kier alpha value is -1.57. The summed E-state index contributed by atoms with van der Waals surface area (Å²) in [6.07, 6.45) is 27.9. The van der Waals surface area contributed by atoms with Crippen molar-refractivity contribution in [3.8, 4) is 0 Å². The summed E-state index contributed by atoms with van der Waals surface area (Å²) in [5.41, 5.74) is 1.02. The summed E-state index contributed by atoms with van der Waals surface area (Å²) >= 11 is 0. The maximum Gasteiger partial charge on any atom is 0.330 e. The van der Waals surface area contributed by atoms with E-state index < -0.39 is 0 Å². The van der Waals surface area contributed by atoms with E-state index in [1.54, 1.807) is 6.08 Å². The van der Waals surface area contributed by atoms with E-state index >= 15 is 0 Å². The van der Waals surface area contributed by atoms with Crippen LogP contribution < -0.4 is 0 Å². The van der Waals surface area contributed by atoms with Crippen molar-refractivity contribution in [2.24, 2.45) is 0 Å². The number of rotatable bonds is 21. The molecule has 0 aliphatic rings. The van der Waals surface area contributed by atoms with Crippen LogP contribution in [0.15, 0.2) is 36.4 Å². The molecule has 0 saturated heterocycles. The molecule has 31 heavy (non-hydrogen) atoms. The molecule has 1 rings (SSSR count). The van der Waals surface area contributed by atoms with Gasteiger partial charge >= 0.3 is 5.97 Å². The van der Waals surface area contributed by atoms with Crippen LogP contribution in [0.25, 0.3) is 6.08 Å². The molecule has 0 saturated carbocycles. The van der Waals surface area contributed by atoms with E-state index in [1.165, 1.54) is 109 Å². The molecule has 0 amide bonds. The number of unbranched alkanes of at least 4 members (excludes halogenated alkanes) is 17. The third kappa shape index (κ3) is 18.9. The molecule has 0 spiro atoms. The first-order chi connectivity index (χ1) is 15.3. The van der Waals surface area contributed by atoms with Gasteiger partial charge in [0.25, 0.3) is 0 Å². The highest BCUT2D eigenvalue weighted by molar-refractivity contribution is 5.86. The molecule has 0 aromatic heterocycles. The van der Waals surface area contributed by atoms with Gasteiger partial charge in [0, 0.05) is 6.08 Å². The van der Waals surface area contributed by atoms with E-state index in [-0.39, 0.29) is 5.97 Å². The van der Waals surface area contributed by atoms with Gasteiger partial charge in [0.2, 0.25) is 0 Å². The van der Waals surface area contributed by atoms with Gasteiger partial charge < -0.3 is 4.74 Å². The Morgan fingerprint density at radius 3 is 1.52 bits per heavy atom. The minimum absolute atomic E-state index is 0.240. The maximum absolute atomic E-state index is 11.7. The fraction of sp³-hybridized carbons (Fsp3) is 0.690. The average Bonchev–Trinajstić information content (AvgIpc) is 2.80. The minimum Gasteiger partial charge on any atom is -0.463 e. The topological polar surface area (TPSA) is 26.3 Å². The molecule has 0 aliphatic carbocycles. The Kier molecular flexibility index (Phi) is 19.2. The summed E-state index contributed by atoms with van der Waals surface area (Å²) in [5, 5.41) is 0. The first-order valence-corrected chi connectivity index (χ1v) is 13.2. The molecular weight excluding hydrogens is 380 g/mol. The molecule has 0 aliphatic heterocycles. The van der Waals surface area contributed by atoms with Crippen molar-refractivity contribution in [2.45, 2.75) is 122 Å². The summed E-state index contributed by atoms with van der Waals surface area (Å²) in [7, 11) is 0. The number of hydrogen-bond donors (Lipinski definition) is 0. The molecule has 2 heteroatoms. The Balaban J connectivity index is 1.75. The molecule has 1 aromatic rings. The van der Waals surface area contributed by atoms with E-state index in [0.29, 0.717) is 6.61 Å². The lowest BCUT2D eigenvalue weighted by Crippen LogP contribution is -2.02. The van der Waals surface area contributed by atoms with Crippen LogP contribution in [0.1, 0.15) is 128 Å². The second-order valence-corrected chi connectivity index (χ2v) is 8.92. The lowest BCUT2D eigenvalue weighted by Gasteiger charge is -2.04. The molecule has 0 radical (unpaired) electrons. The van der Waals surface area contributed by atoms with Gasteiger partial charge in [-0.25, -0.2) is 4.79 Å². The third-order valence-electron chi connectivity index (χ3n) is 5.95. The number of esters is 1. The summed E-state index contributed by atoms with van der Waals surface area (Å²) in [6.45, 7) is 2.82. The van der Waals surface area contributed by atoms with E-state index in [2.05, 4.69) is 6.92 Å². The minimum atomic E-state index is -0.240. The van der Waals surface area contributed by atoms with Crippen molar-refractivity contribution >= 4 is 12.0 Å². The van der Waals surface area contributed by atoms with Gasteiger partial charge in [-0.15, -0.1) is 0 Å². The van der Waals surface area contributed by atoms with Crippen LogP contribution in [-0.2, 0) is 9.53 Å². The normalized spacial score (nSPS) is 11.3. The first-order valence-electron chi connectivity index (χ1n) is 13.2. The monoisotopic (exact) mass is 428 g/mol. The summed E-state index contributed by atoms with van der Waals surface area (Å²) in [6, 6.07) is 9.84. The molecule has 0 unspecified atom stereocenters. The standard InChI is InChI=1S/C29H48O2/c1-2-3-4-5-6-7-8-9-10-11-12-13-14-15-16-17-18-22-27-31-29(30)26-25-28-23-20-19-21-24-28/h19-21,23-26H,2-18,22,27H2,1H3. The molecular formula is C29H48O2. The SMILES string of the molecule is CCCCCCCCCCCCCCCCCCCCOC(=O)C=Cc1ccccc1. The van der Waals surface area contributed by atoms with E-state index in [0.717, 1.165) is 18.4 Å². The lowest BCUT2D eigenvalue weighted by molar-refractivity contribution is -0.137. The quantitative estimate of drug-likeness (QED) is 0.111. The van der Waals surface area contributed by atoms with Crippen molar-refractivity contribution in [1.29, 1.82) is 0 Å². The van der Waals surface area contributed by atoms with Gasteiger partial charge in [-0.2, -0.15) is 0 Å². The van der Waals surface area contributed by atoms with Crippen molar-refractivity contribution in [1.82, 2.24) is 0 Å². The Morgan fingerprint density at radius 1 is 0.645 bits per heavy atom. The largest absolute Gasteiger partial charge is 0.463 e. The highest BCUT2D eigenvalue weighted by Crippen LogP contribution is 2.14. The second kappa shape index (κ2) is 21.7. The zero-order valence-electron chi connectivity index (χ0n) is 20.3. The Morgan fingerprint density at radius 2 is 1.06 bits per heavy atom. The van der Waals surface area contributed by atoms with Crippen LogP contribution in [-0.4, -0.2) is 12.6 Å². The Labute approximate surface area is 192 Å². The number of benzene rings is 1. The highest BCUT2D eigenvalue weighted by Gasteiger charge is 1.98. The van der Waals surface area contributed by atoms with Gasteiger partial charge in [0.1, 0.15) is 0 Å². The zero-order valence-corrected chi connectivity index (χ0v) is 20.3. The third-order valence-corrected chi connectivity index (χ3v) is 5.95.